The van der Waals surface area contributed by atoms with Gasteiger partial charge in [0, 0.05) is 51.1 Å². The average molecular weight is 1050 g/mol. The normalized spacial score (nSPS) is 29.9. The van der Waals surface area contributed by atoms with Crippen molar-refractivity contribution in [3.63, 3.8) is 0 Å². The summed E-state index contributed by atoms with van der Waals surface area (Å²) >= 11 is 0. The third-order valence-electron chi connectivity index (χ3n) is 15.1. The van der Waals surface area contributed by atoms with E-state index in [2.05, 4.69) is 42.5 Å². The molecule has 25 heteroatoms. The Morgan fingerprint density at radius 1 is 0.813 bits per heavy atom. The third kappa shape index (κ3) is 13.8. The first-order chi connectivity index (χ1) is 35.5. The molecule has 1 aliphatic carbocycles. The fraction of sp³-hybridized carbons (Fsp3) is 0.640. The van der Waals surface area contributed by atoms with Gasteiger partial charge in [-0.2, -0.15) is 0 Å². The van der Waals surface area contributed by atoms with Crippen LogP contribution in [-0.4, -0.2) is 160 Å². The molecule has 0 radical (unpaired) electrons. The summed E-state index contributed by atoms with van der Waals surface area (Å²) < 4.78 is -0.602. The van der Waals surface area contributed by atoms with Crippen LogP contribution in [-0.2, 0) is 64.0 Å². The van der Waals surface area contributed by atoms with Crippen molar-refractivity contribution in [1.29, 1.82) is 0 Å². The quantitative estimate of drug-likeness (QED) is 0.0511. The number of nitrogens with zero attached hydrogens (tertiary/aromatic N) is 2. The first-order valence-electron chi connectivity index (χ1n) is 25.9. The van der Waals surface area contributed by atoms with Crippen molar-refractivity contribution in [2.45, 2.75) is 160 Å². The largest absolute Gasteiger partial charge is 0.508 e. The van der Waals surface area contributed by atoms with E-state index in [1.54, 1.807) is 13.8 Å². The van der Waals surface area contributed by atoms with E-state index >= 15 is 4.79 Å². The molecule has 1 saturated carbocycles. The number of primary amides is 2. The van der Waals surface area contributed by atoms with Gasteiger partial charge in [-0.1, -0.05) is 46.2 Å². The Kier molecular flexibility index (Phi) is 18.6. The first kappa shape index (κ1) is 57.1. The Morgan fingerprint density at radius 3 is 2.15 bits per heavy atom. The Balaban J connectivity index is 1.28. The van der Waals surface area contributed by atoms with Crippen LogP contribution >= 0.6 is 0 Å². The molecule has 13 atom stereocenters. The van der Waals surface area contributed by atoms with E-state index in [0.29, 0.717) is 37.7 Å². The van der Waals surface area contributed by atoms with Gasteiger partial charge in [0.05, 0.1) is 13.0 Å². The van der Waals surface area contributed by atoms with Crippen LogP contribution in [0.2, 0.25) is 0 Å². The molecule has 13 N–H and O–H groups in total. The molecule has 5 aliphatic rings. The first-order valence-corrected chi connectivity index (χ1v) is 25.9. The molecule has 0 aromatic heterocycles. The molecule has 6 rings (SSSR count). The van der Waals surface area contributed by atoms with Crippen molar-refractivity contribution in [3.8, 4) is 5.75 Å². The topological polar surface area (TPSA) is 377 Å². The second-order valence-corrected chi connectivity index (χ2v) is 21.1. The van der Waals surface area contributed by atoms with Crippen molar-refractivity contribution < 1.29 is 67.1 Å². The summed E-state index contributed by atoms with van der Waals surface area (Å²) in [4.78, 5) is 165. The highest BCUT2D eigenvalue weighted by Crippen LogP contribution is 2.54. The van der Waals surface area contributed by atoms with Gasteiger partial charge in [-0.15, -0.1) is 0 Å². The highest BCUT2D eigenvalue weighted by Gasteiger charge is 2.82. The van der Waals surface area contributed by atoms with E-state index in [1.165, 1.54) is 36.1 Å². The van der Waals surface area contributed by atoms with Crippen LogP contribution < -0.4 is 54.0 Å². The van der Waals surface area contributed by atoms with E-state index in [4.69, 9.17) is 11.5 Å². The number of quaternary nitrogens is 1. The molecule has 4 saturated heterocycles. The van der Waals surface area contributed by atoms with Gasteiger partial charge in [0.2, 0.25) is 65.2 Å². The minimum Gasteiger partial charge on any atom is -0.508 e. The maximum absolute atomic E-state index is 15.2. The van der Waals surface area contributed by atoms with Gasteiger partial charge >= 0.3 is 5.91 Å². The standard InChI is InChI=1S/C50H72N12O13/c1-6-25(4)41-48(74)56-31(11-13-37(51)64)45(71)59-34-22-40(67)61-18-16-36-49(61)62(36,50(34)75)35(12-14-39(66)55-26(5)42(68)57-33(46(72)60-41)20-27-7-9-29(63)10-8-27)47(73)53-17-15-28-21-30(28)43(69)58-32(19-24(2)3)44(70)54-23-38(52)65/h7-10,24-26,28,30-36,41,49H,6,11-23H2,1-5H3,(H12-,51,52,53,54,55,56,57,58,59,60,63,64,65,66,68,69,70,71,72,73,74)/p+1. The van der Waals surface area contributed by atoms with Crippen LogP contribution in [0.25, 0.3) is 0 Å². The molecule has 12 amide bonds. The predicted octanol–water partition coefficient (Wildman–Crippen LogP) is -3.18. The zero-order valence-electron chi connectivity index (χ0n) is 43.1. The fourth-order valence-electron chi connectivity index (χ4n) is 10.8. The van der Waals surface area contributed by atoms with Crippen LogP contribution in [0.1, 0.15) is 104 Å². The number of aromatic hydroxyl groups is 1. The molecular formula is C50H73N12O13+. The van der Waals surface area contributed by atoms with Crippen LogP contribution in [0.3, 0.4) is 0 Å². The van der Waals surface area contributed by atoms with Crippen molar-refractivity contribution in [2.75, 3.05) is 19.6 Å². The summed E-state index contributed by atoms with van der Waals surface area (Å²) in [7, 11) is 0. The molecule has 25 nitrogen and oxygen atoms in total. The van der Waals surface area contributed by atoms with Crippen molar-refractivity contribution >= 4 is 70.9 Å². The van der Waals surface area contributed by atoms with Crippen LogP contribution in [0.5, 0.6) is 5.75 Å². The Morgan fingerprint density at radius 2 is 1.49 bits per heavy atom. The lowest BCUT2D eigenvalue weighted by molar-refractivity contribution is -0.777. The summed E-state index contributed by atoms with van der Waals surface area (Å²) in [6.45, 7) is 8.48. The second kappa shape index (κ2) is 24.4. The summed E-state index contributed by atoms with van der Waals surface area (Å²) in [5, 5.41) is 31.3. The van der Waals surface area contributed by atoms with E-state index in [1.807, 2.05) is 13.8 Å². The predicted molar refractivity (Wildman–Crippen MR) is 265 cm³/mol. The van der Waals surface area contributed by atoms with Crippen LogP contribution in [0, 0.1) is 23.7 Å². The molecule has 4 aliphatic heterocycles. The van der Waals surface area contributed by atoms with E-state index in [0.717, 1.165) is 0 Å². The van der Waals surface area contributed by atoms with E-state index in [-0.39, 0.29) is 55.8 Å². The summed E-state index contributed by atoms with van der Waals surface area (Å²) in [5.41, 5.74) is 11.2. The lowest BCUT2D eigenvalue weighted by atomic mass is 9.96. The number of nitrogens with one attached hydrogen (secondary N) is 8. The number of carbonyl (C=O) groups is 12. The SMILES string of the molecule is CCC(C)C1NC(=O)C(Cc2ccc(O)cc2)NC(=O)C(C)NC(=O)CCC(C(=O)NCCC2CC2C(=O)NC(CC(C)C)C(=O)NCC(N)=O)[N+]23C(=O)C(CC(=O)N4CCC2C43)NC(=O)C(CCC(N)=O)NC1=O. The highest BCUT2D eigenvalue weighted by atomic mass is 16.3. The van der Waals surface area contributed by atoms with Gasteiger partial charge in [0.15, 0.2) is 18.1 Å². The number of benzene rings is 1. The van der Waals surface area contributed by atoms with Gasteiger partial charge < -0.3 is 59.1 Å². The number of nitrogens with two attached hydrogens (primary N) is 2. The molecule has 1 aromatic rings. The lowest BCUT2D eigenvalue weighted by Crippen LogP contribution is -2.63. The molecule has 13 unspecified atom stereocenters. The van der Waals surface area contributed by atoms with Crippen LogP contribution in [0.15, 0.2) is 24.3 Å². The molecule has 5 fully saturated rings. The Labute approximate surface area is 434 Å². The highest BCUT2D eigenvalue weighted by molar-refractivity contribution is 5.99. The molecule has 1 spiro atoms. The average Bonchev–Trinajstić information content (AvgIpc) is 4.24. The second-order valence-electron chi connectivity index (χ2n) is 21.1. The zero-order valence-corrected chi connectivity index (χ0v) is 43.1. The van der Waals surface area contributed by atoms with Crippen molar-refractivity contribution in [1.82, 2.24) is 47.4 Å². The maximum atomic E-state index is 15.2. The molecule has 2 bridgehead atoms. The molecule has 4 heterocycles. The van der Waals surface area contributed by atoms with E-state index < -0.39 is 162 Å². The molecule has 410 valence electrons. The van der Waals surface area contributed by atoms with E-state index in [9.17, 15) is 57.8 Å². The smallest absolute Gasteiger partial charge is 0.339 e. The van der Waals surface area contributed by atoms with Gasteiger partial charge in [0.1, 0.15) is 36.0 Å². The molecule has 75 heavy (non-hydrogen) atoms. The number of amides is 12. The number of hydrogen-bond acceptors (Lipinski definition) is 13. The monoisotopic (exact) mass is 1050 g/mol. The summed E-state index contributed by atoms with van der Waals surface area (Å²) in [5.74, 6) is -9.61. The van der Waals surface area contributed by atoms with Gasteiger partial charge in [-0.05, 0) is 68.1 Å². The minimum absolute atomic E-state index is 0.0213. The number of hydrogen-bond donors (Lipinski definition) is 11. The zero-order chi connectivity index (χ0) is 55.1. The van der Waals surface area contributed by atoms with Gasteiger partial charge in [0.25, 0.3) is 5.91 Å². The van der Waals surface area contributed by atoms with Gasteiger partial charge in [-0.25, -0.2) is 9.28 Å². The minimum atomic E-state index is -1.54. The Hall–Kier alpha value is -7.18. The fourth-order valence-corrected chi connectivity index (χ4v) is 10.8. The van der Waals surface area contributed by atoms with Crippen molar-refractivity contribution in [3.05, 3.63) is 29.8 Å². The molecular weight excluding hydrogens is 977 g/mol. The summed E-state index contributed by atoms with van der Waals surface area (Å²) in [6.07, 6.45) is -1.08. The Bertz CT molecular complexity index is 2420. The number of phenolic OH excluding ortho intramolecular Hbond substituents is 1. The number of carbonyl (C=O) groups excluding carboxylic acids is 12. The van der Waals surface area contributed by atoms with Gasteiger partial charge in [-0.3, -0.25) is 57.6 Å². The number of fused-ring (bicyclic) bond motifs is 1. The third-order valence-corrected chi connectivity index (χ3v) is 15.1. The van der Waals surface area contributed by atoms with Crippen molar-refractivity contribution in [2.24, 2.45) is 35.1 Å². The maximum Gasteiger partial charge on any atom is 0.339 e. The van der Waals surface area contributed by atoms with Crippen LogP contribution in [0.4, 0.5) is 0 Å². The number of phenols is 1. The number of rotatable bonds is 18. The lowest BCUT2D eigenvalue weighted by Gasteiger charge is -2.32. The molecule has 1 aromatic carbocycles. The summed E-state index contributed by atoms with van der Waals surface area (Å²) in [6, 6.07) is -3.91.